The topological polar surface area (TPSA) is 79.5 Å². The van der Waals surface area contributed by atoms with E-state index in [1.165, 1.54) is 0 Å². The first-order chi connectivity index (χ1) is 14.5. The van der Waals surface area contributed by atoms with E-state index >= 15 is 0 Å². The number of nitrogens with one attached hydrogen (secondary N) is 3. The van der Waals surface area contributed by atoms with E-state index in [2.05, 4.69) is 16.0 Å². The first-order valence-electron chi connectivity index (χ1n) is 10.5. The van der Waals surface area contributed by atoms with Gasteiger partial charge in [-0.2, -0.15) is 0 Å². The van der Waals surface area contributed by atoms with Gasteiger partial charge in [0, 0.05) is 12.6 Å². The fraction of sp³-hybridized carbons (Fsp3) is 0.417. The maximum absolute atomic E-state index is 13.1. The minimum Gasteiger partial charge on any atom is -0.497 e. The lowest BCUT2D eigenvalue weighted by Crippen LogP contribution is -2.60. The number of carbonyl (C=O) groups is 2. The molecule has 3 amide bonds. The number of benzene rings is 2. The third-order valence-corrected chi connectivity index (χ3v) is 5.59. The van der Waals surface area contributed by atoms with Crippen molar-refractivity contribution >= 4 is 11.9 Å². The molecule has 2 aromatic carbocycles. The van der Waals surface area contributed by atoms with Crippen LogP contribution in [-0.2, 0) is 17.8 Å². The molecular weight excluding hydrogens is 378 g/mol. The average molecular weight is 410 g/mol. The maximum Gasteiger partial charge on any atom is 0.315 e. The minimum absolute atomic E-state index is 0.0590. The summed E-state index contributed by atoms with van der Waals surface area (Å²) in [7, 11) is 1.64. The molecule has 1 unspecified atom stereocenters. The van der Waals surface area contributed by atoms with Crippen molar-refractivity contribution < 1.29 is 14.3 Å². The molecule has 1 aliphatic rings. The Kier molecular flexibility index (Phi) is 7.33. The summed E-state index contributed by atoms with van der Waals surface area (Å²) in [4.78, 5) is 25.6. The molecule has 0 saturated heterocycles. The average Bonchev–Trinajstić information content (AvgIpc) is 3.23. The zero-order chi connectivity index (χ0) is 21.4. The summed E-state index contributed by atoms with van der Waals surface area (Å²) in [5, 5.41) is 8.94. The summed E-state index contributed by atoms with van der Waals surface area (Å²) in [6.45, 7) is 2.41. The highest BCUT2D eigenvalue weighted by Crippen LogP contribution is 2.30. The zero-order valence-corrected chi connectivity index (χ0v) is 17.7. The molecule has 1 fully saturated rings. The van der Waals surface area contributed by atoms with Gasteiger partial charge in [-0.3, -0.25) is 4.79 Å². The Morgan fingerprint density at radius 2 is 1.73 bits per heavy atom. The first-order valence-corrected chi connectivity index (χ1v) is 10.5. The molecule has 160 valence electrons. The van der Waals surface area contributed by atoms with Crippen LogP contribution in [0.4, 0.5) is 4.79 Å². The molecule has 2 aromatic rings. The van der Waals surface area contributed by atoms with Gasteiger partial charge in [0.2, 0.25) is 5.91 Å². The van der Waals surface area contributed by atoms with E-state index in [0.29, 0.717) is 25.8 Å². The van der Waals surface area contributed by atoms with Crippen molar-refractivity contribution in [1.82, 2.24) is 16.0 Å². The molecular formula is C24H31N3O3. The van der Waals surface area contributed by atoms with Crippen molar-refractivity contribution in [3.8, 4) is 5.75 Å². The normalized spacial score (nSPS) is 15.8. The lowest BCUT2D eigenvalue weighted by molar-refractivity contribution is -0.127. The molecule has 0 radical (unpaired) electrons. The summed E-state index contributed by atoms with van der Waals surface area (Å²) in [5.74, 6) is 0.695. The van der Waals surface area contributed by atoms with E-state index in [1.54, 1.807) is 7.11 Å². The molecule has 0 aliphatic heterocycles. The second kappa shape index (κ2) is 10.1. The fourth-order valence-corrected chi connectivity index (χ4v) is 3.99. The number of methoxy groups -OCH3 is 1. The third kappa shape index (κ3) is 5.75. The molecule has 0 spiro atoms. The second-order valence-corrected chi connectivity index (χ2v) is 8.01. The summed E-state index contributed by atoms with van der Waals surface area (Å²) in [6, 6.07) is 17.2. The van der Waals surface area contributed by atoms with Crippen molar-refractivity contribution in [2.75, 3.05) is 7.11 Å². The van der Waals surface area contributed by atoms with Crippen LogP contribution in [0.5, 0.6) is 5.75 Å². The maximum atomic E-state index is 13.1. The Bertz CT molecular complexity index is 848. The zero-order valence-electron chi connectivity index (χ0n) is 17.7. The number of ether oxygens (including phenoxy) is 1. The van der Waals surface area contributed by atoms with E-state index in [-0.39, 0.29) is 18.0 Å². The largest absolute Gasteiger partial charge is 0.497 e. The van der Waals surface area contributed by atoms with Crippen molar-refractivity contribution in [1.29, 1.82) is 0 Å². The number of amides is 3. The first kappa shape index (κ1) is 21.7. The molecule has 1 saturated carbocycles. The number of hydrogen-bond acceptors (Lipinski definition) is 3. The number of urea groups is 1. The van der Waals surface area contributed by atoms with Crippen LogP contribution in [0, 0.1) is 0 Å². The van der Waals surface area contributed by atoms with E-state index in [4.69, 9.17) is 4.74 Å². The van der Waals surface area contributed by atoms with Crippen LogP contribution in [0.15, 0.2) is 54.6 Å². The van der Waals surface area contributed by atoms with Crippen LogP contribution in [0.1, 0.15) is 43.7 Å². The van der Waals surface area contributed by atoms with Gasteiger partial charge in [0.15, 0.2) is 0 Å². The standard InChI is InChI=1S/C24H31N3O3/c1-18(15-20-11-8-12-21(16-20)30-2)26-22(28)24(13-6-7-14-24)27-23(29)25-17-19-9-4-3-5-10-19/h3-5,8-12,16,18H,6-7,13-15,17H2,1-2H3,(H,26,28)(H2,25,27,29). The van der Waals surface area contributed by atoms with E-state index < -0.39 is 5.54 Å². The summed E-state index contributed by atoms with van der Waals surface area (Å²) in [5.41, 5.74) is 1.27. The van der Waals surface area contributed by atoms with Crippen LogP contribution in [0.3, 0.4) is 0 Å². The van der Waals surface area contributed by atoms with Crippen molar-refractivity contribution in [3.05, 3.63) is 65.7 Å². The number of rotatable bonds is 8. The van der Waals surface area contributed by atoms with Gasteiger partial charge < -0.3 is 20.7 Å². The van der Waals surface area contributed by atoms with Crippen molar-refractivity contribution in [3.63, 3.8) is 0 Å². The Morgan fingerprint density at radius 3 is 2.43 bits per heavy atom. The Labute approximate surface area is 178 Å². The highest BCUT2D eigenvalue weighted by Gasteiger charge is 2.42. The molecule has 0 bridgehead atoms. The summed E-state index contributed by atoms with van der Waals surface area (Å²) >= 11 is 0. The molecule has 6 nitrogen and oxygen atoms in total. The molecule has 3 rings (SSSR count). The van der Waals surface area contributed by atoms with E-state index in [1.807, 2.05) is 61.5 Å². The summed E-state index contributed by atoms with van der Waals surface area (Å²) < 4.78 is 5.27. The van der Waals surface area contributed by atoms with Gasteiger partial charge in [0.25, 0.3) is 0 Å². The minimum atomic E-state index is -0.844. The molecule has 3 N–H and O–H groups in total. The second-order valence-electron chi connectivity index (χ2n) is 8.01. The molecule has 0 aromatic heterocycles. The van der Waals surface area contributed by atoms with E-state index in [0.717, 1.165) is 29.7 Å². The van der Waals surface area contributed by atoms with Gasteiger partial charge in [-0.15, -0.1) is 0 Å². The Hall–Kier alpha value is -3.02. The quantitative estimate of drug-likeness (QED) is 0.624. The lowest BCUT2D eigenvalue weighted by Gasteiger charge is -2.30. The van der Waals surface area contributed by atoms with Gasteiger partial charge in [0.1, 0.15) is 11.3 Å². The van der Waals surface area contributed by atoms with Crippen LogP contribution in [0.25, 0.3) is 0 Å². The van der Waals surface area contributed by atoms with Crippen LogP contribution >= 0.6 is 0 Å². The van der Waals surface area contributed by atoms with Gasteiger partial charge >= 0.3 is 6.03 Å². The lowest BCUT2D eigenvalue weighted by atomic mass is 9.95. The van der Waals surface area contributed by atoms with Crippen molar-refractivity contribution in [2.24, 2.45) is 0 Å². The fourth-order valence-electron chi connectivity index (χ4n) is 3.99. The Morgan fingerprint density at radius 1 is 1.03 bits per heavy atom. The number of carbonyl (C=O) groups excluding carboxylic acids is 2. The van der Waals surface area contributed by atoms with Crippen LogP contribution in [-0.4, -0.2) is 30.6 Å². The molecule has 1 aliphatic carbocycles. The summed E-state index contributed by atoms with van der Waals surface area (Å²) in [6.07, 6.45) is 3.86. The van der Waals surface area contributed by atoms with Crippen molar-refractivity contribution in [2.45, 2.75) is 57.2 Å². The molecule has 0 heterocycles. The van der Waals surface area contributed by atoms with E-state index in [9.17, 15) is 9.59 Å². The third-order valence-electron chi connectivity index (χ3n) is 5.59. The highest BCUT2D eigenvalue weighted by molar-refractivity contribution is 5.91. The molecule has 30 heavy (non-hydrogen) atoms. The van der Waals surface area contributed by atoms with Crippen LogP contribution < -0.4 is 20.7 Å². The van der Waals surface area contributed by atoms with Gasteiger partial charge in [-0.1, -0.05) is 55.3 Å². The predicted molar refractivity (Wildman–Crippen MR) is 117 cm³/mol. The molecule has 1 atom stereocenters. The van der Waals surface area contributed by atoms with Gasteiger partial charge in [-0.05, 0) is 49.4 Å². The predicted octanol–water partition coefficient (Wildman–Crippen LogP) is 3.55. The Balaban J connectivity index is 1.57. The van der Waals surface area contributed by atoms with Gasteiger partial charge in [-0.25, -0.2) is 4.79 Å². The number of hydrogen-bond donors (Lipinski definition) is 3. The molecule has 6 heteroatoms. The SMILES string of the molecule is COc1cccc(CC(C)NC(=O)C2(NC(=O)NCc3ccccc3)CCCC2)c1. The highest BCUT2D eigenvalue weighted by atomic mass is 16.5. The van der Waals surface area contributed by atoms with Crippen LogP contribution in [0.2, 0.25) is 0 Å². The smallest absolute Gasteiger partial charge is 0.315 e. The monoisotopic (exact) mass is 409 g/mol. The van der Waals surface area contributed by atoms with Gasteiger partial charge in [0.05, 0.1) is 7.11 Å².